The maximum atomic E-state index is 6.52. The van der Waals surface area contributed by atoms with E-state index >= 15 is 0 Å². The molecule has 50 heavy (non-hydrogen) atoms. The van der Waals surface area contributed by atoms with E-state index in [4.69, 9.17) is 19.4 Å². The number of aryl methyl sites for hydroxylation is 1. The van der Waals surface area contributed by atoms with Crippen molar-refractivity contribution in [3.63, 3.8) is 0 Å². The Balaban J connectivity index is 1.12. The lowest BCUT2D eigenvalue weighted by atomic mass is 9.92. The largest absolute Gasteiger partial charge is 0.460 e. The van der Waals surface area contributed by atoms with Gasteiger partial charge in [0, 0.05) is 28.5 Å². The van der Waals surface area contributed by atoms with Crippen molar-refractivity contribution in [1.82, 2.24) is 15.0 Å². The van der Waals surface area contributed by atoms with Crippen LogP contribution >= 0.6 is 0 Å². The average molecular weight is 650 g/mol. The molecule has 0 bridgehead atoms. The van der Waals surface area contributed by atoms with Crippen LogP contribution in [-0.2, 0) is 6.42 Å². The molecule has 0 N–H and O–H groups in total. The fraction of sp³-hybridized carbons (Fsp3) is 0.152. The Labute approximate surface area is 294 Å². The van der Waals surface area contributed by atoms with Crippen LogP contribution in [-0.4, -0.2) is 15.0 Å². The summed E-state index contributed by atoms with van der Waals surface area (Å²) in [5.41, 5.74) is 11.4. The summed E-state index contributed by atoms with van der Waals surface area (Å²) in [6.45, 7) is 3.93. The summed E-state index contributed by atoms with van der Waals surface area (Å²) in [6, 6.07) is 27.2. The molecule has 0 unspecified atom stereocenters. The number of rotatable bonds is 9. The summed E-state index contributed by atoms with van der Waals surface area (Å²) in [5.74, 6) is 3.10. The van der Waals surface area contributed by atoms with Crippen LogP contribution in [0.5, 0.6) is 0 Å². The SMILES string of the molecule is C=C/C=C(\C=C/CC1=CC=C(c2nc(C3=CCCc4oc5cc(-c6ccccc6)ccc5c43)nc(-c3ccccc3)n2)CC1)C1=CC=CCC1. The molecule has 0 atom stereocenters. The number of benzene rings is 3. The maximum Gasteiger partial charge on any atom is 0.164 e. The molecular weight excluding hydrogens is 611 g/mol. The number of allylic oxidation sites excluding steroid dienone is 14. The van der Waals surface area contributed by atoms with E-state index in [1.165, 1.54) is 22.3 Å². The molecule has 3 aliphatic carbocycles. The van der Waals surface area contributed by atoms with E-state index in [0.29, 0.717) is 11.6 Å². The fourth-order valence-corrected chi connectivity index (χ4v) is 7.05. The van der Waals surface area contributed by atoms with Crippen LogP contribution in [0.3, 0.4) is 0 Å². The van der Waals surface area contributed by atoms with E-state index < -0.39 is 0 Å². The van der Waals surface area contributed by atoms with Crippen molar-refractivity contribution in [1.29, 1.82) is 0 Å². The number of hydrogen-bond donors (Lipinski definition) is 0. The zero-order valence-corrected chi connectivity index (χ0v) is 28.2. The second-order valence-corrected chi connectivity index (χ2v) is 12.9. The monoisotopic (exact) mass is 649 g/mol. The van der Waals surface area contributed by atoms with Crippen LogP contribution < -0.4 is 0 Å². The Morgan fingerprint density at radius 3 is 2.30 bits per heavy atom. The molecule has 2 aromatic heterocycles. The molecule has 0 fully saturated rings. The number of aromatic nitrogens is 3. The third-order valence-corrected chi connectivity index (χ3v) is 9.65. The van der Waals surface area contributed by atoms with Gasteiger partial charge in [0.15, 0.2) is 17.5 Å². The maximum absolute atomic E-state index is 6.52. The number of furan rings is 1. The van der Waals surface area contributed by atoms with Crippen molar-refractivity contribution in [3.05, 3.63) is 186 Å². The highest BCUT2D eigenvalue weighted by molar-refractivity contribution is 5.98. The van der Waals surface area contributed by atoms with Gasteiger partial charge in [-0.15, -0.1) is 0 Å². The van der Waals surface area contributed by atoms with Gasteiger partial charge in [0.1, 0.15) is 11.3 Å². The molecule has 3 aliphatic rings. The Morgan fingerprint density at radius 2 is 1.54 bits per heavy atom. The van der Waals surface area contributed by atoms with E-state index in [1.807, 2.05) is 30.3 Å². The standard InChI is InChI=1S/C46H39N3O/c1-2-14-33(34-16-6-3-7-17-34)22-12-15-32-25-27-37(28-26-32)45-47-44(36-20-10-5-11-21-36)48-46(49-45)40-23-13-24-41-43(40)39-30-29-38(31-42(39)50-41)35-18-8-4-9-19-35/h2-6,8-12,14,16,18-23,25,27,29-31H,1,7,13,15,17,24,26,28H2/b22-12-,33-14+. The van der Waals surface area contributed by atoms with Crippen molar-refractivity contribution in [2.24, 2.45) is 0 Å². The van der Waals surface area contributed by atoms with E-state index in [1.54, 1.807) is 0 Å². The first kappa shape index (κ1) is 31.4. The molecule has 2 heterocycles. The summed E-state index contributed by atoms with van der Waals surface area (Å²) >= 11 is 0. The molecule has 5 aromatic rings. The van der Waals surface area contributed by atoms with Gasteiger partial charge >= 0.3 is 0 Å². The van der Waals surface area contributed by atoms with E-state index in [9.17, 15) is 0 Å². The molecule has 0 saturated heterocycles. The van der Waals surface area contributed by atoms with E-state index in [2.05, 4.69) is 116 Å². The van der Waals surface area contributed by atoms with Crippen LogP contribution in [0.4, 0.5) is 0 Å². The van der Waals surface area contributed by atoms with Gasteiger partial charge in [-0.25, -0.2) is 15.0 Å². The van der Waals surface area contributed by atoms with Gasteiger partial charge in [-0.2, -0.15) is 0 Å². The third-order valence-electron chi connectivity index (χ3n) is 9.65. The van der Waals surface area contributed by atoms with Crippen molar-refractivity contribution in [3.8, 4) is 22.5 Å². The molecule has 3 aromatic carbocycles. The second kappa shape index (κ2) is 14.3. The van der Waals surface area contributed by atoms with Gasteiger partial charge in [-0.1, -0.05) is 140 Å². The minimum absolute atomic E-state index is 0.685. The topological polar surface area (TPSA) is 51.8 Å². The molecule has 244 valence electrons. The predicted octanol–water partition coefficient (Wildman–Crippen LogP) is 11.8. The van der Waals surface area contributed by atoms with E-state index in [0.717, 1.165) is 95.3 Å². The first-order chi connectivity index (χ1) is 24.7. The molecular formula is C46H39N3O. The van der Waals surface area contributed by atoms with Gasteiger partial charge in [0.2, 0.25) is 0 Å². The Hall–Kier alpha value is -5.87. The smallest absolute Gasteiger partial charge is 0.164 e. The van der Waals surface area contributed by atoms with Crippen molar-refractivity contribution < 1.29 is 4.42 Å². The van der Waals surface area contributed by atoms with Crippen LogP contribution in [0.1, 0.15) is 61.5 Å². The zero-order chi connectivity index (χ0) is 33.7. The summed E-state index contributed by atoms with van der Waals surface area (Å²) in [5, 5.41) is 1.09. The highest BCUT2D eigenvalue weighted by Gasteiger charge is 2.26. The first-order valence-electron chi connectivity index (χ1n) is 17.6. The van der Waals surface area contributed by atoms with Gasteiger partial charge in [-0.3, -0.25) is 0 Å². The summed E-state index contributed by atoms with van der Waals surface area (Å²) in [7, 11) is 0. The lowest BCUT2D eigenvalue weighted by molar-refractivity contribution is 0.545. The lowest BCUT2D eigenvalue weighted by Gasteiger charge is -2.17. The van der Waals surface area contributed by atoms with E-state index in [-0.39, 0.29) is 0 Å². The van der Waals surface area contributed by atoms with Gasteiger partial charge in [0.25, 0.3) is 0 Å². The van der Waals surface area contributed by atoms with Gasteiger partial charge in [-0.05, 0) is 78.5 Å². The second-order valence-electron chi connectivity index (χ2n) is 12.9. The third kappa shape index (κ3) is 6.57. The Morgan fingerprint density at radius 1 is 0.740 bits per heavy atom. The summed E-state index contributed by atoms with van der Waals surface area (Å²) in [6.07, 6.45) is 28.4. The first-order valence-corrected chi connectivity index (χ1v) is 17.6. The van der Waals surface area contributed by atoms with Crippen LogP contribution in [0.25, 0.3) is 44.6 Å². The molecule has 0 saturated carbocycles. The summed E-state index contributed by atoms with van der Waals surface area (Å²) < 4.78 is 6.52. The summed E-state index contributed by atoms with van der Waals surface area (Å²) in [4.78, 5) is 15.3. The molecule has 8 rings (SSSR count). The number of fused-ring (bicyclic) bond motifs is 3. The van der Waals surface area contributed by atoms with Gasteiger partial charge < -0.3 is 4.42 Å². The van der Waals surface area contributed by atoms with Crippen LogP contribution in [0, 0.1) is 0 Å². The molecule has 4 nitrogen and oxygen atoms in total. The molecule has 0 spiro atoms. The molecule has 0 amide bonds. The minimum atomic E-state index is 0.685. The van der Waals surface area contributed by atoms with Crippen molar-refractivity contribution in [2.45, 2.75) is 44.9 Å². The highest BCUT2D eigenvalue weighted by Crippen LogP contribution is 2.40. The molecule has 0 radical (unpaired) electrons. The predicted molar refractivity (Wildman–Crippen MR) is 206 cm³/mol. The highest BCUT2D eigenvalue weighted by atomic mass is 16.3. The number of nitrogens with zero attached hydrogens (tertiary/aromatic N) is 3. The fourth-order valence-electron chi connectivity index (χ4n) is 7.05. The van der Waals surface area contributed by atoms with Crippen molar-refractivity contribution >= 4 is 22.1 Å². The Bertz CT molecular complexity index is 2290. The quantitative estimate of drug-likeness (QED) is 0.149. The van der Waals surface area contributed by atoms with Crippen LogP contribution in [0.2, 0.25) is 0 Å². The normalized spacial score (nSPS) is 16.1. The zero-order valence-electron chi connectivity index (χ0n) is 28.2. The Kier molecular flexibility index (Phi) is 8.99. The van der Waals surface area contributed by atoms with Crippen LogP contribution in [0.15, 0.2) is 167 Å². The minimum Gasteiger partial charge on any atom is -0.460 e. The lowest BCUT2D eigenvalue weighted by Crippen LogP contribution is -2.09. The number of hydrogen-bond acceptors (Lipinski definition) is 4. The van der Waals surface area contributed by atoms with Crippen molar-refractivity contribution in [2.75, 3.05) is 0 Å². The molecule has 0 aliphatic heterocycles. The van der Waals surface area contributed by atoms with Gasteiger partial charge in [0.05, 0.1) is 0 Å². The molecule has 4 heteroatoms. The average Bonchev–Trinajstić information content (AvgIpc) is 3.57.